The van der Waals surface area contributed by atoms with Gasteiger partial charge < -0.3 is 4.90 Å². The zero-order valence-electron chi connectivity index (χ0n) is 15.5. The van der Waals surface area contributed by atoms with Crippen molar-refractivity contribution < 1.29 is 0 Å². The third-order valence-electron chi connectivity index (χ3n) is 5.13. The first-order valence-corrected chi connectivity index (χ1v) is 9.50. The zero-order chi connectivity index (χ0) is 18.8. The smallest absolute Gasteiger partial charge is 0.170 e. The maximum atomic E-state index is 4.57. The minimum absolute atomic E-state index is 0.759. The molecule has 140 valence electrons. The fourth-order valence-electron chi connectivity index (χ4n) is 3.69. The fraction of sp³-hybridized carbons (Fsp3) is 0.238. The summed E-state index contributed by atoms with van der Waals surface area (Å²) in [5.74, 6) is 1.71. The maximum Gasteiger partial charge on any atom is 0.170 e. The van der Waals surface area contributed by atoms with Gasteiger partial charge in [0, 0.05) is 38.9 Å². The van der Waals surface area contributed by atoms with E-state index in [1.54, 1.807) is 17.2 Å². The second kappa shape index (κ2) is 7.36. The van der Waals surface area contributed by atoms with E-state index in [-0.39, 0.29) is 0 Å². The normalized spacial score (nSPS) is 15.2. The van der Waals surface area contributed by atoms with Crippen molar-refractivity contribution in [2.45, 2.75) is 6.54 Å². The first-order valence-electron chi connectivity index (χ1n) is 9.50. The molecule has 3 aromatic heterocycles. The number of piperazine rings is 1. The van der Waals surface area contributed by atoms with Gasteiger partial charge in [0.25, 0.3) is 0 Å². The van der Waals surface area contributed by atoms with Crippen molar-refractivity contribution in [1.82, 2.24) is 29.6 Å². The van der Waals surface area contributed by atoms with Crippen molar-refractivity contribution in [2.24, 2.45) is 0 Å². The van der Waals surface area contributed by atoms with Gasteiger partial charge in [0.1, 0.15) is 12.1 Å². The lowest BCUT2D eigenvalue weighted by Crippen LogP contribution is -2.46. The number of hydrogen-bond donors (Lipinski definition) is 0. The second-order valence-electron chi connectivity index (χ2n) is 6.93. The molecular weight excluding hydrogens is 350 g/mol. The van der Waals surface area contributed by atoms with Crippen LogP contribution in [-0.4, -0.2) is 55.8 Å². The Balaban J connectivity index is 1.35. The fourth-order valence-corrected chi connectivity index (χ4v) is 3.69. The molecule has 0 amide bonds. The minimum atomic E-state index is 0.759. The van der Waals surface area contributed by atoms with Crippen LogP contribution in [0.3, 0.4) is 0 Å². The van der Waals surface area contributed by atoms with Crippen molar-refractivity contribution in [3.63, 3.8) is 0 Å². The summed E-state index contributed by atoms with van der Waals surface area (Å²) >= 11 is 0. The van der Waals surface area contributed by atoms with Crippen molar-refractivity contribution in [3.8, 4) is 5.82 Å². The van der Waals surface area contributed by atoms with E-state index in [0.717, 1.165) is 55.4 Å². The van der Waals surface area contributed by atoms with Gasteiger partial charge in [-0.2, -0.15) is 9.78 Å². The Bertz CT molecular complexity index is 1050. The highest BCUT2D eigenvalue weighted by molar-refractivity contribution is 5.87. The van der Waals surface area contributed by atoms with Crippen molar-refractivity contribution >= 4 is 16.9 Å². The average molecular weight is 371 g/mol. The lowest BCUT2D eigenvalue weighted by molar-refractivity contribution is 0.249. The van der Waals surface area contributed by atoms with Crippen LogP contribution >= 0.6 is 0 Å². The van der Waals surface area contributed by atoms with E-state index in [1.807, 2.05) is 24.4 Å². The summed E-state index contributed by atoms with van der Waals surface area (Å²) in [5.41, 5.74) is 2.15. The molecule has 1 saturated heterocycles. The van der Waals surface area contributed by atoms with Gasteiger partial charge in [-0.05, 0) is 17.7 Å². The van der Waals surface area contributed by atoms with Crippen LogP contribution < -0.4 is 4.90 Å². The highest BCUT2D eigenvalue weighted by Crippen LogP contribution is 2.25. The number of hydrogen-bond acceptors (Lipinski definition) is 6. The van der Waals surface area contributed by atoms with E-state index in [4.69, 9.17) is 0 Å². The maximum absolute atomic E-state index is 4.57. The zero-order valence-corrected chi connectivity index (χ0v) is 15.5. The van der Waals surface area contributed by atoms with Gasteiger partial charge in [-0.3, -0.25) is 4.90 Å². The number of pyridine rings is 1. The Morgan fingerprint density at radius 1 is 0.821 bits per heavy atom. The van der Waals surface area contributed by atoms with Crippen LogP contribution in [0.25, 0.3) is 16.9 Å². The molecule has 5 rings (SSSR count). The predicted octanol–water partition coefficient (Wildman–Crippen LogP) is 2.53. The molecule has 4 aromatic rings. The van der Waals surface area contributed by atoms with E-state index in [2.05, 4.69) is 60.2 Å². The Morgan fingerprint density at radius 2 is 1.64 bits per heavy atom. The Labute approximate surface area is 163 Å². The summed E-state index contributed by atoms with van der Waals surface area (Å²) < 4.78 is 1.77. The number of fused-ring (bicyclic) bond motifs is 1. The Hall–Kier alpha value is -3.32. The Morgan fingerprint density at radius 3 is 2.43 bits per heavy atom. The summed E-state index contributed by atoms with van der Waals surface area (Å²) in [4.78, 5) is 18.2. The predicted molar refractivity (Wildman–Crippen MR) is 108 cm³/mol. The molecule has 0 unspecified atom stereocenters. The van der Waals surface area contributed by atoms with E-state index in [0.29, 0.717) is 0 Å². The number of benzene rings is 1. The van der Waals surface area contributed by atoms with Gasteiger partial charge in [-0.15, -0.1) is 0 Å². The summed E-state index contributed by atoms with van der Waals surface area (Å²) in [6.07, 6.45) is 5.22. The van der Waals surface area contributed by atoms with Gasteiger partial charge in [0.2, 0.25) is 0 Å². The lowest BCUT2D eigenvalue weighted by Gasteiger charge is -2.35. The molecule has 0 saturated carbocycles. The largest absolute Gasteiger partial charge is 0.353 e. The monoisotopic (exact) mass is 371 g/mol. The van der Waals surface area contributed by atoms with Crippen LogP contribution in [0.15, 0.2) is 67.3 Å². The second-order valence-corrected chi connectivity index (χ2v) is 6.93. The molecule has 1 aromatic carbocycles. The van der Waals surface area contributed by atoms with Crippen LogP contribution in [0.2, 0.25) is 0 Å². The molecular formula is C21H21N7. The van der Waals surface area contributed by atoms with E-state index in [1.165, 1.54) is 5.56 Å². The van der Waals surface area contributed by atoms with Crippen LogP contribution in [0.1, 0.15) is 5.56 Å². The van der Waals surface area contributed by atoms with Gasteiger partial charge in [-0.1, -0.05) is 36.4 Å². The first-order chi connectivity index (χ1) is 13.9. The van der Waals surface area contributed by atoms with Crippen LogP contribution in [-0.2, 0) is 6.54 Å². The molecule has 7 nitrogen and oxygen atoms in total. The quantitative estimate of drug-likeness (QED) is 0.549. The van der Waals surface area contributed by atoms with E-state index >= 15 is 0 Å². The van der Waals surface area contributed by atoms with Crippen LogP contribution in [0.5, 0.6) is 0 Å². The molecule has 1 aliphatic heterocycles. The standard InChI is InChI=1S/C21H21N7/c1-2-6-17(7-3-1)15-26-10-12-27(13-11-26)20-18-14-25-28(21(18)24-16-23-20)19-8-4-5-9-22-19/h1-9,14,16H,10-13,15H2. The summed E-state index contributed by atoms with van der Waals surface area (Å²) in [5, 5.41) is 5.47. The number of anilines is 1. The highest BCUT2D eigenvalue weighted by atomic mass is 15.3. The first kappa shape index (κ1) is 16.8. The van der Waals surface area contributed by atoms with Gasteiger partial charge in [-0.25, -0.2) is 15.0 Å². The molecule has 28 heavy (non-hydrogen) atoms. The molecule has 0 spiro atoms. The van der Waals surface area contributed by atoms with Crippen LogP contribution in [0, 0.1) is 0 Å². The molecule has 0 N–H and O–H groups in total. The number of rotatable bonds is 4. The van der Waals surface area contributed by atoms with E-state index in [9.17, 15) is 0 Å². The van der Waals surface area contributed by atoms with E-state index < -0.39 is 0 Å². The average Bonchev–Trinajstić information content (AvgIpc) is 3.20. The highest BCUT2D eigenvalue weighted by Gasteiger charge is 2.21. The molecule has 0 bridgehead atoms. The number of nitrogens with zero attached hydrogens (tertiary/aromatic N) is 7. The van der Waals surface area contributed by atoms with Gasteiger partial charge >= 0.3 is 0 Å². The summed E-state index contributed by atoms with van der Waals surface area (Å²) in [7, 11) is 0. The number of aromatic nitrogens is 5. The third kappa shape index (κ3) is 3.20. The van der Waals surface area contributed by atoms with Gasteiger partial charge in [0.05, 0.1) is 11.6 Å². The lowest BCUT2D eigenvalue weighted by atomic mass is 10.2. The molecule has 0 aliphatic carbocycles. The molecule has 1 fully saturated rings. The minimum Gasteiger partial charge on any atom is -0.353 e. The summed E-state index contributed by atoms with van der Waals surface area (Å²) in [6, 6.07) is 16.4. The molecule has 1 aliphatic rings. The molecule has 7 heteroatoms. The summed E-state index contributed by atoms with van der Waals surface area (Å²) in [6.45, 7) is 4.89. The molecule has 0 atom stereocenters. The SMILES string of the molecule is c1ccc(CN2CCN(c3ncnc4c3cnn4-c3ccccn3)CC2)cc1. The van der Waals surface area contributed by atoms with Crippen molar-refractivity contribution in [1.29, 1.82) is 0 Å². The topological polar surface area (TPSA) is 63.0 Å². The van der Waals surface area contributed by atoms with Crippen molar-refractivity contribution in [2.75, 3.05) is 31.1 Å². The van der Waals surface area contributed by atoms with Gasteiger partial charge in [0.15, 0.2) is 11.5 Å². The van der Waals surface area contributed by atoms with Crippen molar-refractivity contribution in [3.05, 3.63) is 72.8 Å². The Kier molecular flexibility index (Phi) is 4.42. The van der Waals surface area contributed by atoms with Crippen LogP contribution in [0.4, 0.5) is 5.82 Å². The third-order valence-corrected chi connectivity index (χ3v) is 5.13. The molecule has 4 heterocycles. The molecule has 0 radical (unpaired) electrons.